The standard InChI is InChI=1S/C21H27BN4O2/c1-11(2)26-22(28)16-10-24-20-15(3-4-23-20)18(16)19(25-26)17-13-5-12-6-14(17)9-21(27,7-12)8-13/h3-4,10-14,17,27-28H,5-9H2,1-2H3,(H,23,24)/t12?,13?,14?,17-,21+. The molecule has 7 heteroatoms. The minimum atomic E-state index is -0.772. The largest absolute Gasteiger partial charge is 0.468 e. The average molecular weight is 378 g/mol. The van der Waals surface area contributed by atoms with Crippen molar-refractivity contribution in [2.24, 2.45) is 28.8 Å². The van der Waals surface area contributed by atoms with Gasteiger partial charge >= 0.3 is 7.05 Å². The Hall–Kier alpha value is -1.86. The number of aliphatic hydroxyl groups is 1. The maximum Gasteiger partial charge on any atom is 0.468 e. The number of nitrogens with zero attached hydrogens (tertiary/aromatic N) is 3. The van der Waals surface area contributed by atoms with Gasteiger partial charge in [0.15, 0.2) is 0 Å². The average Bonchev–Trinajstić information content (AvgIpc) is 3.10. The van der Waals surface area contributed by atoms with Crippen LogP contribution >= 0.6 is 0 Å². The maximum absolute atomic E-state index is 11.0. The van der Waals surface area contributed by atoms with Gasteiger partial charge in [0.2, 0.25) is 0 Å². The van der Waals surface area contributed by atoms with Gasteiger partial charge in [-0.1, -0.05) is 0 Å². The summed E-state index contributed by atoms with van der Waals surface area (Å²) < 4.78 is 0. The van der Waals surface area contributed by atoms with E-state index in [4.69, 9.17) is 5.10 Å². The lowest BCUT2D eigenvalue weighted by Crippen LogP contribution is -2.60. The Labute approximate surface area is 165 Å². The van der Waals surface area contributed by atoms with E-state index in [1.54, 1.807) is 0 Å². The van der Waals surface area contributed by atoms with Gasteiger partial charge in [-0.2, -0.15) is 5.10 Å². The van der Waals surface area contributed by atoms with Gasteiger partial charge in [0.05, 0.1) is 11.3 Å². The van der Waals surface area contributed by atoms with Gasteiger partial charge in [-0.05, 0) is 69.8 Å². The molecule has 2 unspecified atom stereocenters. The highest BCUT2D eigenvalue weighted by molar-refractivity contribution is 6.66. The second kappa shape index (κ2) is 5.60. The first kappa shape index (κ1) is 17.0. The molecule has 2 aromatic rings. The molecule has 0 amide bonds. The Kier molecular flexibility index (Phi) is 3.41. The molecule has 6 nitrogen and oxygen atoms in total. The third kappa shape index (κ3) is 2.23. The molecule has 5 aliphatic rings. The molecular formula is C21H27BN4O2. The van der Waals surface area contributed by atoms with E-state index < -0.39 is 12.7 Å². The number of hydrogen-bond acceptors (Lipinski definition) is 5. The van der Waals surface area contributed by atoms with Crippen molar-refractivity contribution >= 4 is 29.3 Å². The minimum Gasteiger partial charge on any atom is -0.428 e. The lowest BCUT2D eigenvalue weighted by atomic mass is 9.48. The number of fused-ring (bicyclic) bond motifs is 3. The maximum atomic E-state index is 11.0. The fourth-order valence-corrected chi connectivity index (χ4v) is 6.94. The van der Waals surface area contributed by atoms with Crippen molar-refractivity contribution in [3.63, 3.8) is 0 Å². The minimum absolute atomic E-state index is 0.0982. The number of aromatic amines is 1. The molecule has 3 N–H and O–H groups in total. The highest BCUT2D eigenvalue weighted by atomic mass is 16.3. The van der Waals surface area contributed by atoms with Crippen LogP contribution in [0.3, 0.4) is 0 Å². The van der Waals surface area contributed by atoms with Crippen LogP contribution in [-0.4, -0.2) is 49.4 Å². The summed E-state index contributed by atoms with van der Waals surface area (Å²) in [5, 5.41) is 28.2. The fraction of sp³-hybridized carbons (Fsp3) is 0.619. The molecule has 3 heterocycles. The lowest BCUT2D eigenvalue weighted by Gasteiger charge is -2.58. The van der Waals surface area contributed by atoms with Crippen molar-refractivity contribution in [1.29, 1.82) is 0 Å². The first-order valence-corrected chi connectivity index (χ1v) is 10.7. The monoisotopic (exact) mass is 378 g/mol. The van der Waals surface area contributed by atoms with Gasteiger partial charge in [0.25, 0.3) is 0 Å². The molecule has 4 aliphatic carbocycles. The summed E-state index contributed by atoms with van der Waals surface area (Å²) in [4.78, 5) is 9.59. The molecule has 0 aromatic carbocycles. The number of hydrogen-bond donors (Lipinski definition) is 3. The van der Waals surface area contributed by atoms with Crippen molar-refractivity contribution < 1.29 is 10.1 Å². The molecule has 7 rings (SSSR count). The Morgan fingerprint density at radius 3 is 2.68 bits per heavy atom. The predicted molar refractivity (Wildman–Crippen MR) is 109 cm³/mol. The summed E-state index contributed by atoms with van der Waals surface area (Å²) >= 11 is 0. The van der Waals surface area contributed by atoms with Crippen molar-refractivity contribution in [2.45, 2.75) is 57.6 Å². The second-order valence-electron chi connectivity index (χ2n) is 9.88. The van der Waals surface area contributed by atoms with Crippen LogP contribution in [0.5, 0.6) is 0 Å². The van der Waals surface area contributed by atoms with E-state index >= 15 is 0 Å². The molecule has 0 spiro atoms. The molecule has 2 atom stereocenters. The smallest absolute Gasteiger partial charge is 0.428 e. The van der Waals surface area contributed by atoms with Crippen molar-refractivity contribution in [1.82, 2.24) is 14.9 Å². The highest BCUT2D eigenvalue weighted by Crippen LogP contribution is 2.59. The van der Waals surface area contributed by atoms with Gasteiger partial charge in [-0.25, -0.2) is 4.98 Å². The summed E-state index contributed by atoms with van der Waals surface area (Å²) in [5.74, 6) is 1.98. The van der Waals surface area contributed by atoms with Crippen LogP contribution in [0.4, 0.5) is 0 Å². The van der Waals surface area contributed by atoms with Crippen LogP contribution in [0.15, 0.2) is 23.6 Å². The molecule has 0 radical (unpaired) electrons. The third-order valence-corrected chi connectivity index (χ3v) is 7.71. The van der Waals surface area contributed by atoms with E-state index in [1.165, 1.54) is 12.8 Å². The summed E-state index contributed by atoms with van der Waals surface area (Å²) in [7, 11) is -0.772. The summed E-state index contributed by atoms with van der Waals surface area (Å²) in [6.07, 6.45) is 8.89. The topological polar surface area (TPSA) is 84.7 Å². The van der Waals surface area contributed by atoms with Crippen LogP contribution in [0.25, 0.3) is 11.0 Å². The summed E-state index contributed by atoms with van der Waals surface area (Å²) in [6, 6.07) is 2.15. The molecule has 2 aromatic heterocycles. The molecule has 146 valence electrons. The van der Waals surface area contributed by atoms with Crippen LogP contribution in [0, 0.1) is 23.7 Å². The van der Waals surface area contributed by atoms with Crippen molar-refractivity contribution in [2.75, 3.05) is 0 Å². The van der Waals surface area contributed by atoms with Gasteiger partial charge in [-0.15, -0.1) is 0 Å². The molecule has 0 saturated heterocycles. The van der Waals surface area contributed by atoms with E-state index in [0.717, 1.165) is 47.0 Å². The number of H-pyrrole nitrogens is 1. The summed E-state index contributed by atoms with van der Waals surface area (Å²) in [6.45, 7) is 4.13. The molecular weight excluding hydrogens is 351 g/mol. The van der Waals surface area contributed by atoms with Crippen molar-refractivity contribution in [3.8, 4) is 0 Å². The Morgan fingerprint density at radius 2 is 2.00 bits per heavy atom. The molecule has 1 aliphatic heterocycles. The first-order valence-electron chi connectivity index (χ1n) is 10.7. The van der Waals surface area contributed by atoms with Gasteiger partial charge in [0.1, 0.15) is 5.65 Å². The zero-order chi connectivity index (χ0) is 19.2. The number of pyridine rings is 1. The predicted octanol–water partition coefficient (Wildman–Crippen LogP) is 1.87. The normalized spacial score (nSPS) is 36.4. The number of aromatic nitrogens is 2. The van der Waals surface area contributed by atoms with Crippen LogP contribution in [0.1, 0.15) is 51.5 Å². The Bertz CT molecular complexity index is 970. The van der Waals surface area contributed by atoms with E-state index in [9.17, 15) is 10.1 Å². The van der Waals surface area contributed by atoms with Crippen LogP contribution in [0.2, 0.25) is 0 Å². The SMILES string of the molecule is CC(C)N1N=C([C@H]2C3CC4CC2C[C@@](O)(C4)C3)c2c(cnc3[nH]ccc23)B1O. The third-order valence-electron chi connectivity index (χ3n) is 7.71. The van der Waals surface area contributed by atoms with E-state index in [-0.39, 0.29) is 6.04 Å². The Morgan fingerprint density at radius 1 is 1.25 bits per heavy atom. The molecule has 28 heavy (non-hydrogen) atoms. The van der Waals surface area contributed by atoms with Crippen LogP contribution in [-0.2, 0) is 0 Å². The second-order valence-corrected chi connectivity index (χ2v) is 9.88. The first-order chi connectivity index (χ1) is 13.4. The lowest BCUT2D eigenvalue weighted by molar-refractivity contribution is -0.138. The highest BCUT2D eigenvalue weighted by Gasteiger charge is 2.57. The fourth-order valence-electron chi connectivity index (χ4n) is 6.94. The van der Waals surface area contributed by atoms with Gasteiger partial charge in [0, 0.05) is 40.8 Å². The number of rotatable bonds is 2. The quantitative estimate of drug-likeness (QED) is 0.697. The summed E-state index contributed by atoms with van der Waals surface area (Å²) in [5.41, 5.74) is 3.43. The van der Waals surface area contributed by atoms with E-state index in [2.05, 4.69) is 29.9 Å². The van der Waals surface area contributed by atoms with Gasteiger partial charge in [-0.3, -0.25) is 0 Å². The zero-order valence-electron chi connectivity index (χ0n) is 16.5. The Balaban J connectivity index is 1.54. The molecule has 4 fully saturated rings. The zero-order valence-corrected chi connectivity index (χ0v) is 16.5. The molecule has 4 bridgehead atoms. The molecule has 4 saturated carbocycles. The van der Waals surface area contributed by atoms with Crippen LogP contribution < -0.4 is 5.46 Å². The number of nitrogens with one attached hydrogen (secondary N) is 1. The number of hydrazone groups is 1. The van der Waals surface area contributed by atoms with Crippen molar-refractivity contribution in [3.05, 3.63) is 24.0 Å². The van der Waals surface area contributed by atoms with Gasteiger partial charge < -0.3 is 20.0 Å². The van der Waals surface area contributed by atoms with E-state index in [1.807, 2.05) is 17.3 Å². The van der Waals surface area contributed by atoms with E-state index in [0.29, 0.717) is 23.7 Å².